The van der Waals surface area contributed by atoms with E-state index in [0.717, 1.165) is 11.3 Å². The van der Waals surface area contributed by atoms with E-state index in [2.05, 4.69) is 10.4 Å². The molecule has 0 bridgehead atoms. The minimum atomic E-state index is -2.94. The molecule has 25 heavy (non-hydrogen) atoms. The summed E-state index contributed by atoms with van der Waals surface area (Å²) in [6.45, 7) is 0.579. The van der Waals surface area contributed by atoms with Gasteiger partial charge in [0.2, 0.25) is 5.91 Å². The third-order valence-corrected chi connectivity index (χ3v) is 6.12. The lowest BCUT2D eigenvalue weighted by molar-refractivity contribution is -0.122. The van der Waals surface area contributed by atoms with E-state index in [4.69, 9.17) is 0 Å². The molecule has 1 aromatic heterocycles. The minimum absolute atomic E-state index is 0.0726. The van der Waals surface area contributed by atoms with Crippen LogP contribution < -0.4 is 5.32 Å². The maximum atomic E-state index is 12.1. The molecule has 1 saturated heterocycles. The number of hydrogen-bond acceptors (Lipinski definition) is 5. The monoisotopic (exact) mass is 362 g/mol. The lowest BCUT2D eigenvalue weighted by Crippen LogP contribution is -2.40. The second-order valence-corrected chi connectivity index (χ2v) is 8.61. The van der Waals surface area contributed by atoms with E-state index in [1.165, 1.54) is 0 Å². The highest BCUT2D eigenvalue weighted by atomic mass is 32.2. The first kappa shape index (κ1) is 17.6. The highest BCUT2D eigenvalue weighted by Crippen LogP contribution is 2.16. The number of aromatic nitrogens is 2. The van der Waals surface area contributed by atoms with Gasteiger partial charge in [-0.2, -0.15) is 5.10 Å². The molecule has 0 saturated carbocycles. The Hall–Kier alpha value is -2.19. The number of likely N-dealkylation sites (N-methyl/N-ethyl adjacent to an activating group) is 1. The van der Waals surface area contributed by atoms with Crippen LogP contribution in [0.1, 0.15) is 12.0 Å². The number of hydrogen-bond donors (Lipinski definition) is 1. The molecule has 1 aliphatic heterocycles. The van der Waals surface area contributed by atoms with Crippen LogP contribution in [0.5, 0.6) is 0 Å². The maximum absolute atomic E-state index is 12.1. The Labute approximate surface area is 147 Å². The molecule has 2 heterocycles. The largest absolute Gasteiger partial charge is 0.351 e. The van der Waals surface area contributed by atoms with E-state index in [0.29, 0.717) is 13.0 Å². The van der Waals surface area contributed by atoms with E-state index in [9.17, 15) is 13.2 Å². The van der Waals surface area contributed by atoms with Crippen molar-refractivity contribution in [2.24, 2.45) is 0 Å². The van der Waals surface area contributed by atoms with Crippen LogP contribution >= 0.6 is 0 Å². The molecule has 7 nitrogen and oxygen atoms in total. The van der Waals surface area contributed by atoms with Gasteiger partial charge in [0.25, 0.3) is 0 Å². The number of carbonyl (C=O) groups excluding carboxylic acids is 1. The van der Waals surface area contributed by atoms with Gasteiger partial charge >= 0.3 is 0 Å². The maximum Gasteiger partial charge on any atom is 0.234 e. The van der Waals surface area contributed by atoms with E-state index < -0.39 is 9.84 Å². The number of rotatable bonds is 6. The fourth-order valence-electron chi connectivity index (χ4n) is 2.91. The summed E-state index contributed by atoms with van der Waals surface area (Å²) in [5, 5.41) is 7.15. The van der Waals surface area contributed by atoms with Crippen molar-refractivity contribution in [3.05, 3.63) is 48.3 Å². The van der Waals surface area contributed by atoms with Crippen LogP contribution in [0, 0.1) is 0 Å². The molecule has 1 aromatic carbocycles. The number of benzene rings is 1. The Balaban J connectivity index is 1.49. The second-order valence-electron chi connectivity index (χ2n) is 6.38. The van der Waals surface area contributed by atoms with Crippen LogP contribution in [0.3, 0.4) is 0 Å². The molecule has 1 amide bonds. The Bertz CT molecular complexity index is 833. The predicted molar refractivity (Wildman–Crippen MR) is 95.1 cm³/mol. The van der Waals surface area contributed by atoms with Crippen molar-refractivity contribution in [3.8, 4) is 5.69 Å². The number of sulfone groups is 1. The fraction of sp³-hybridized carbons (Fsp3) is 0.412. The summed E-state index contributed by atoms with van der Waals surface area (Å²) >= 11 is 0. The summed E-state index contributed by atoms with van der Waals surface area (Å²) in [4.78, 5) is 13.9. The van der Waals surface area contributed by atoms with E-state index in [-0.39, 0.29) is 30.0 Å². The minimum Gasteiger partial charge on any atom is -0.351 e. The normalized spacial score (nSPS) is 19.2. The first-order valence-electron chi connectivity index (χ1n) is 8.19. The van der Waals surface area contributed by atoms with Crippen molar-refractivity contribution < 1.29 is 13.2 Å². The van der Waals surface area contributed by atoms with Gasteiger partial charge < -0.3 is 5.32 Å². The molecular formula is C17H22N4O3S. The molecule has 1 unspecified atom stereocenters. The highest BCUT2D eigenvalue weighted by molar-refractivity contribution is 7.91. The molecule has 8 heteroatoms. The number of carbonyl (C=O) groups is 1. The van der Waals surface area contributed by atoms with Crippen molar-refractivity contribution >= 4 is 15.7 Å². The highest BCUT2D eigenvalue weighted by Gasteiger charge is 2.31. The van der Waals surface area contributed by atoms with Gasteiger partial charge in [0.1, 0.15) is 0 Å². The van der Waals surface area contributed by atoms with Crippen LogP contribution in [-0.4, -0.2) is 60.1 Å². The van der Waals surface area contributed by atoms with Gasteiger partial charge in [-0.3, -0.25) is 9.69 Å². The zero-order chi connectivity index (χ0) is 17.9. The molecule has 0 spiro atoms. The molecule has 1 N–H and O–H groups in total. The summed E-state index contributed by atoms with van der Waals surface area (Å²) < 4.78 is 24.8. The molecule has 1 atom stereocenters. The van der Waals surface area contributed by atoms with E-state index in [1.54, 1.807) is 17.9 Å². The van der Waals surface area contributed by atoms with Gasteiger partial charge in [0, 0.05) is 24.3 Å². The average Bonchev–Trinajstić information content (AvgIpc) is 3.20. The number of amides is 1. The molecule has 2 aromatic rings. The van der Waals surface area contributed by atoms with Crippen molar-refractivity contribution in [3.63, 3.8) is 0 Å². The molecule has 3 rings (SSSR count). The van der Waals surface area contributed by atoms with E-state index in [1.807, 2.05) is 41.4 Å². The van der Waals surface area contributed by atoms with E-state index >= 15 is 0 Å². The number of nitrogens with zero attached hydrogens (tertiary/aromatic N) is 3. The molecular weight excluding hydrogens is 340 g/mol. The molecule has 134 valence electrons. The third kappa shape index (κ3) is 4.67. The SMILES string of the molecule is CN(CC(=O)NCc1cnn(-c2ccccc2)c1)C1CCS(=O)(=O)C1. The average molecular weight is 362 g/mol. The lowest BCUT2D eigenvalue weighted by Gasteiger charge is -2.22. The topological polar surface area (TPSA) is 84.3 Å². The van der Waals surface area contributed by atoms with Crippen molar-refractivity contribution in [2.75, 3.05) is 25.1 Å². The number of para-hydroxylation sites is 1. The smallest absolute Gasteiger partial charge is 0.234 e. The van der Waals surface area contributed by atoms with Crippen molar-refractivity contribution in [2.45, 2.75) is 19.0 Å². The molecule has 0 radical (unpaired) electrons. The summed E-state index contributed by atoms with van der Waals surface area (Å²) in [7, 11) is -1.15. The van der Waals surface area contributed by atoms with Gasteiger partial charge in [-0.1, -0.05) is 18.2 Å². The Morgan fingerprint density at radius 2 is 2.12 bits per heavy atom. The summed E-state index contributed by atoms with van der Waals surface area (Å²) in [6, 6.07) is 9.67. The summed E-state index contributed by atoms with van der Waals surface area (Å²) in [5.74, 6) is 0.224. The van der Waals surface area contributed by atoms with Gasteiger partial charge in [-0.25, -0.2) is 13.1 Å². The van der Waals surface area contributed by atoms with Crippen molar-refractivity contribution in [1.82, 2.24) is 20.0 Å². The second kappa shape index (κ2) is 7.37. The third-order valence-electron chi connectivity index (χ3n) is 4.37. The first-order chi connectivity index (χ1) is 11.9. The van der Waals surface area contributed by atoms with Crippen molar-refractivity contribution in [1.29, 1.82) is 0 Å². The predicted octanol–water partition coefficient (Wildman–Crippen LogP) is 0.607. The summed E-state index contributed by atoms with van der Waals surface area (Å²) in [6.07, 6.45) is 4.19. The standard InChI is InChI=1S/C17H22N4O3S/c1-20(16-7-8-25(23,24)13-16)12-17(22)18-9-14-10-19-21(11-14)15-5-3-2-4-6-15/h2-6,10-11,16H,7-9,12-13H2,1H3,(H,18,22). The van der Waals surface area contributed by atoms with Gasteiger partial charge in [0.15, 0.2) is 9.84 Å². The first-order valence-corrected chi connectivity index (χ1v) is 10.0. The Kier molecular flexibility index (Phi) is 5.19. The van der Waals surface area contributed by atoms with Crippen LogP contribution in [0.2, 0.25) is 0 Å². The molecule has 1 aliphatic rings. The Morgan fingerprint density at radius 3 is 2.80 bits per heavy atom. The van der Waals surface area contributed by atoms with Crippen LogP contribution in [0.25, 0.3) is 5.69 Å². The van der Waals surface area contributed by atoms with Gasteiger partial charge in [0.05, 0.1) is 29.9 Å². The van der Waals surface area contributed by atoms with Crippen LogP contribution in [0.15, 0.2) is 42.7 Å². The zero-order valence-corrected chi connectivity index (χ0v) is 14.9. The Morgan fingerprint density at radius 1 is 1.36 bits per heavy atom. The number of nitrogens with one attached hydrogen (secondary N) is 1. The fourth-order valence-corrected chi connectivity index (χ4v) is 4.71. The van der Waals surface area contributed by atoms with Gasteiger partial charge in [-0.15, -0.1) is 0 Å². The molecule has 1 fully saturated rings. The quantitative estimate of drug-likeness (QED) is 0.814. The lowest BCUT2D eigenvalue weighted by atomic mass is 10.2. The van der Waals surface area contributed by atoms with Gasteiger partial charge in [-0.05, 0) is 25.6 Å². The summed E-state index contributed by atoms with van der Waals surface area (Å²) in [5.41, 5.74) is 1.87. The molecule has 0 aliphatic carbocycles. The zero-order valence-electron chi connectivity index (χ0n) is 14.1. The van der Waals surface area contributed by atoms with Crippen LogP contribution in [0.4, 0.5) is 0 Å². The van der Waals surface area contributed by atoms with Crippen LogP contribution in [-0.2, 0) is 21.2 Å².